The Hall–Kier alpha value is -2.54. The number of nitrogens with two attached hydrogens (primary N) is 1. The fourth-order valence-electron chi connectivity index (χ4n) is 2.60. The van der Waals surface area contributed by atoms with Crippen LogP contribution in [0.2, 0.25) is 0 Å². The van der Waals surface area contributed by atoms with Crippen molar-refractivity contribution in [1.82, 2.24) is 4.90 Å². The lowest BCUT2D eigenvalue weighted by Crippen LogP contribution is -2.42. The standard InChI is InChI=1S/C18H20N2O4S/c1-11(2)20(10-17(19)21)18(22)16-6-5-15(25-16)12-3-4-13-14(9-12)24-8-7-23-13/h3-6,9,11H,7-8,10H2,1-2H3,(H2,19,21). The van der Waals surface area contributed by atoms with E-state index in [2.05, 4.69) is 0 Å². The molecule has 2 N–H and O–H groups in total. The number of nitrogens with zero attached hydrogens (tertiary/aromatic N) is 1. The van der Waals surface area contributed by atoms with Crippen LogP contribution in [0.5, 0.6) is 11.5 Å². The zero-order valence-corrected chi connectivity index (χ0v) is 15.0. The summed E-state index contributed by atoms with van der Waals surface area (Å²) in [7, 11) is 0. The number of primary amides is 1. The van der Waals surface area contributed by atoms with Crippen molar-refractivity contribution in [3.63, 3.8) is 0 Å². The summed E-state index contributed by atoms with van der Waals surface area (Å²) in [6, 6.07) is 9.29. The van der Waals surface area contributed by atoms with Gasteiger partial charge in [-0.2, -0.15) is 0 Å². The monoisotopic (exact) mass is 360 g/mol. The predicted molar refractivity (Wildman–Crippen MR) is 96.1 cm³/mol. The molecule has 132 valence electrons. The van der Waals surface area contributed by atoms with E-state index in [4.69, 9.17) is 15.2 Å². The minimum Gasteiger partial charge on any atom is -0.486 e. The highest BCUT2D eigenvalue weighted by Gasteiger charge is 2.22. The highest BCUT2D eigenvalue weighted by Crippen LogP contribution is 2.37. The summed E-state index contributed by atoms with van der Waals surface area (Å²) < 4.78 is 11.1. The molecular weight excluding hydrogens is 340 g/mol. The van der Waals surface area contributed by atoms with Gasteiger partial charge in [-0.25, -0.2) is 0 Å². The lowest BCUT2D eigenvalue weighted by atomic mass is 10.1. The van der Waals surface area contributed by atoms with Gasteiger partial charge in [-0.3, -0.25) is 9.59 Å². The van der Waals surface area contributed by atoms with E-state index in [0.29, 0.717) is 23.8 Å². The van der Waals surface area contributed by atoms with E-state index >= 15 is 0 Å². The van der Waals surface area contributed by atoms with Gasteiger partial charge in [0.25, 0.3) is 5.91 Å². The van der Waals surface area contributed by atoms with Crippen LogP contribution in [0.25, 0.3) is 10.4 Å². The van der Waals surface area contributed by atoms with E-state index in [1.54, 1.807) is 6.07 Å². The number of fused-ring (bicyclic) bond motifs is 1. The Morgan fingerprint density at radius 2 is 1.88 bits per heavy atom. The maximum Gasteiger partial charge on any atom is 0.264 e. The number of carbonyl (C=O) groups excluding carboxylic acids is 2. The molecule has 3 rings (SSSR count). The highest BCUT2D eigenvalue weighted by atomic mass is 32.1. The van der Waals surface area contributed by atoms with Crippen LogP contribution in [0.1, 0.15) is 23.5 Å². The zero-order chi connectivity index (χ0) is 18.0. The molecule has 2 aromatic rings. The third-order valence-electron chi connectivity index (χ3n) is 3.85. The normalized spacial score (nSPS) is 12.9. The molecule has 0 atom stereocenters. The molecule has 7 heteroatoms. The smallest absolute Gasteiger partial charge is 0.264 e. The van der Waals surface area contributed by atoms with Gasteiger partial charge in [-0.1, -0.05) is 0 Å². The maximum absolute atomic E-state index is 12.7. The largest absolute Gasteiger partial charge is 0.486 e. The van der Waals surface area contributed by atoms with Crippen LogP contribution in [-0.4, -0.2) is 42.5 Å². The summed E-state index contributed by atoms with van der Waals surface area (Å²) in [6.07, 6.45) is 0. The molecule has 1 aliphatic rings. The summed E-state index contributed by atoms with van der Waals surface area (Å²) in [5.41, 5.74) is 6.21. The van der Waals surface area contributed by atoms with Crippen LogP contribution in [0.4, 0.5) is 0 Å². The van der Waals surface area contributed by atoms with Gasteiger partial charge in [-0.15, -0.1) is 11.3 Å². The Morgan fingerprint density at radius 1 is 1.16 bits per heavy atom. The van der Waals surface area contributed by atoms with Gasteiger partial charge in [0.1, 0.15) is 13.2 Å². The number of ether oxygens (including phenoxy) is 2. The van der Waals surface area contributed by atoms with E-state index < -0.39 is 5.91 Å². The molecule has 0 bridgehead atoms. The molecule has 2 amide bonds. The Labute approximate surface area is 150 Å². The molecule has 0 saturated carbocycles. The van der Waals surface area contributed by atoms with E-state index in [1.165, 1.54) is 16.2 Å². The SMILES string of the molecule is CC(C)N(CC(N)=O)C(=O)c1ccc(-c2ccc3c(c2)OCCO3)s1. The maximum atomic E-state index is 12.7. The van der Waals surface area contributed by atoms with Crippen molar-refractivity contribution in [2.75, 3.05) is 19.8 Å². The Balaban J connectivity index is 1.84. The van der Waals surface area contributed by atoms with Crippen LogP contribution in [0.3, 0.4) is 0 Å². The van der Waals surface area contributed by atoms with Crippen molar-refractivity contribution < 1.29 is 19.1 Å². The van der Waals surface area contributed by atoms with E-state index in [9.17, 15) is 9.59 Å². The van der Waals surface area contributed by atoms with Crippen molar-refractivity contribution in [1.29, 1.82) is 0 Å². The van der Waals surface area contributed by atoms with Crippen LogP contribution < -0.4 is 15.2 Å². The number of amides is 2. The molecule has 0 spiro atoms. The number of benzene rings is 1. The first kappa shape index (κ1) is 17.3. The predicted octanol–water partition coefficient (Wildman–Crippen LogP) is 2.52. The van der Waals surface area contributed by atoms with Crippen LogP contribution in [0.15, 0.2) is 30.3 Å². The first-order valence-corrected chi connectivity index (χ1v) is 8.86. The fourth-order valence-corrected chi connectivity index (χ4v) is 3.56. The minimum atomic E-state index is -0.523. The number of hydrogen-bond donors (Lipinski definition) is 1. The van der Waals surface area contributed by atoms with E-state index in [1.807, 2.05) is 38.1 Å². The topological polar surface area (TPSA) is 81.9 Å². The van der Waals surface area contributed by atoms with Crippen molar-refractivity contribution in [2.24, 2.45) is 5.73 Å². The van der Waals surface area contributed by atoms with Crippen molar-refractivity contribution in [3.8, 4) is 21.9 Å². The Kier molecular flexibility index (Phi) is 4.94. The van der Waals surface area contributed by atoms with Crippen LogP contribution >= 0.6 is 11.3 Å². The first-order valence-electron chi connectivity index (χ1n) is 8.05. The van der Waals surface area contributed by atoms with E-state index in [0.717, 1.165) is 16.2 Å². The molecule has 0 saturated heterocycles. The van der Waals surface area contributed by atoms with Gasteiger partial charge in [0.15, 0.2) is 11.5 Å². The zero-order valence-electron chi connectivity index (χ0n) is 14.2. The Morgan fingerprint density at radius 3 is 2.56 bits per heavy atom. The summed E-state index contributed by atoms with van der Waals surface area (Å²) in [4.78, 5) is 26.9. The summed E-state index contributed by atoms with van der Waals surface area (Å²) >= 11 is 1.38. The number of thiophene rings is 1. The number of hydrogen-bond acceptors (Lipinski definition) is 5. The van der Waals surface area contributed by atoms with Crippen molar-refractivity contribution >= 4 is 23.2 Å². The molecule has 2 heterocycles. The van der Waals surface area contributed by atoms with E-state index in [-0.39, 0.29) is 18.5 Å². The molecule has 1 aromatic carbocycles. The number of carbonyl (C=O) groups is 2. The van der Waals surface area contributed by atoms with Crippen molar-refractivity contribution in [2.45, 2.75) is 19.9 Å². The summed E-state index contributed by atoms with van der Waals surface area (Å²) in [6.45, 7) is 4.70. The molecule has 0 fully saturated rings. The van der Waals surface area contributed by atoms with Gasteiger partial charge in [0, 0.05) is 10.9 Å². The first-order chi connectivity index (χ1) is 12.0. The summed E-state index contributed by atoms with van der Waals surface area (Å²) in [5.74, 6) is 0.728. The van der Waals surface area contributed by atoms with Gasteiger partial charge in [0.05, 0.1) is 11.4 Å². The lowest BCUT2D eigenvalue weighted by molar-refractivity contribution is -0.119. The number of rotatable bonds is 5. The van der Waals surface area contributed by atoms with Gasteiger partial charge < -0.3 is 20.1 Å². The molecular formula is C18H20N2O4S. The molecule has 0 radical (unpaired) electrons. The second kappa shape index (κ2) is 7.14. The minimum absolute atomic E-state index is 0.0895. The third-order valence-corrected chi connectivity index (χ3v) is 4.98. The van der Waals surface area contributed by atoms with Crippen molar-refractivity contribution in [3.05, 3.63) is 35.2 Å². The average Bonchev–Trinajstić information content (AvgIpc) is 3.08. The summed E-state index contributed by atoms with van der Waals surface area (Å²) in [5, 5.41) is 0. The van der Waals surface area contributed by atoms with Gasteiger partial charge >= 0.3 is 0 Å². The average molecular weight is 360 g/mol. The van der Waals surface area contributed by atoms with Crippen LogP contribution in [-0.2, 0) is 4.79 Å². The molecule has 6 nitrogen and oxygen atoms in total. The second-order valence-electron chi connectivity index (χ2n) is 6.02. The highest BCUT2D eigenvalue weighted by molar-refractivity contribution is 7.17. The quantitative estimate of drug-likeness (QED) is 0.888. The second-order valence-corrected chi connectivity index (χ2v) is 7.10. The molecule has 25 heavy (non-hydrogen) atoms. The lowest BCUT2D eigenvalue weighted by Gasteiger charge is -2.24. The molecule has 0 aliphatic carbocycles. The Bertz CT molecular complexity index is 800. The van der Waals surface area contributed by atoms with Gasteiger partial charge in [0.2, 0.25) is 5.91 Å². The fraction of sp³-hybridized carbons (Fsp3) is 0.333. The van der Waals surface area contributed by atoms with Gasteiger partial charge in [-0.05, 0) is 49.7 Å². The molecule has 0 unspecified atom stereocenters. The molecule has 1 aromatic heterocycles. The third kappa shape index (κ3) is 3.76. The van der Waals surface area contributed by atoms with Crippen LogP contribution in [0, 0.1) is 0 Å². The molecule has 1 aliphatic heterocycles.